The van der Waals surface area contributed by atoms with Crippen molar-refractivity contribution in [3.63, 3.8) is 0 Å². The van der Waals surface area contributed by atoms with Crippen LogP contribution in [0.2, 0.25) is 0 Å². The van der Waals surface area contributed by atoms with E-state index in [0.29, 0.717) is 44.6 Å². The standard InChI is InChI=1S/C33H27F17O10S2/c1-54-17-58-26(30(39,40)41,31(42,43)44)15-56-20-10-13-24(23(14-20)57-16-27(32(45,46)47,33(48,49)50)59-18-55-2)61(21-6-4-3-5-7-21)22-11-8-19(9-12-22)60-25(28(34,35)36)29(37,38)62(51,52)53/h3-14,25H,15-18H2,1-2H3/p+1. The van der Waals surface area contributed by atoms with Crippen LogP contribution < -0.4 is 14.2 Å². The molecule has 350 valence electrons. The lowest BCUT2D eigenvalue weighted by Gasteiger charge is -2.36. The van der Waals surface area contributed by atoms with Gasteiger partial charge in [0.2, 0.25) is 4.90 Å². The Morgan fingerprint density at radius 2 is 1.00 bits per heavy atom. The zero-order chi connectivity index (χ0) is 47.4. The summed E-state index contributed by atoms with van der Waals surface area (Å²) in [6.45, 7) is -8.37. The van der Waals surface area contributed by atoms with Crippen LogP contribution in [0.5, 0.6) is 17.2 Å². The van der Waals surface area contributed by atoms with Crippen molar-refractivity contribution >= 4 is 21.0 Å². The van der Waals surface area contributed by atoms with Gasteiger partial charge < -0.3 is 33.2 Å². The fourth-order valence-electron chi connectivity index (χ4n) is 4.80. The molecule has 1 N–H and O–H groups in total. The first-order chi connectivity index (χ1) is 28.2. The van der Waals surface area contributed by atoms with E-state index >= 15 is 0 Å². The molecular weight excluding hydrogens is 943 g/mol. The SMILES string of the molecule is COCOC(COc1ccc([S+](c2ccccc2)c2ccc(OC(C(F)(F)F)C(F)(F)S(=O)(=O)O)cc2)c(OCC(OCOC)(C(F)(F)F)C(F)(F)F)c1)(C(F)(F)F)C(F)(F)F. The highest BCUT2D eigenvalue weighted by molar-refractivity contribution is 7.97. The lowest BCUT2D eigenvalue weighted by atomic mass is 10.0. The van der Waals surface area contributed by atoms with Gasteiger partial charge in [0.25, 0.3) is 17.3 Å². The first-order valence-electron chi connectivity index (χ1n) is 16.1. The highest BCUT2D eigenvalue weighted by atomic mass is 32.2. The minimum Gasteiger partial charge on any atom is -0.490 e. The molecule has 0 aliphatic carbocycles. The minimum atomic E-state index is -6.76. The predicted octanol–water partition coefficient (Wildman–Crippen LogP) is 9.30. The Hall–Kier alpha value is -4.03. The van der Waals surface area contributed by atoms with E-state index in [1.807, 2.05) is 0 Å². The molecule has 3 aromatic rings. The van der Waals surface area contributed by atoms with Gasteiger partial charge in [-0.05, 0) is 42.5 Å². The average molecular weight is 972 g/mol. The normalized spacial score (nSPS) is 15.0. The highest BCUT2D eigenvalue weighted by Gasteiger charge is 2.75. The summed E-state index contributed by atoms with van der Waals surface area (Å²) in [5.41, 5.74) is -10.4. The summed E-state index contributed by atoms with van der Waals surface area (Å²) >= 11 is 0. The molecule has 0 aliphatic heterocycles. The van der Waals surface area contributed by atoms with Crippen molar-refractivity contribution in [1.29, 1.82) is 0 Å². The van der Waals surface area contributed by atoms with Crippen molar-refractivity contribution in [2.24, 2.45) is 0 Å². The summed E-state index contributed by atoms with van der Waals surface area (Å²) < 4.78 is 300. The second-order valence-corrected chi connectivity index (χ2v) is 15.6. The largest absolute Gasteiger partial charge is 0.490 e. The minimum absolute atomic E-state index is 0.0143. The molecule has 0 radical (unpaired) electrons. The van der Waals surface area contributed by atoms with E-state index in [4.69, 9.17) is 14.0 Å². The first-order valence-corrected chi connectivity index (χ1v) is 18.8. The summed E-state index contributed by atoms with van der Waals surface area (Å²) in [7, 11) is -7.47. The van der Waals surface area contributed by atoms with Crippen LogP contribution in [0.4, 0.5) is 74.6 Å². The average Bonchev–Trinajstić information content (AvgIpc) is 3.12. The molecule has 3 aromatic carbocycles. The summed E-state index contributed by atoms with van der Waals surface area (Å²) in [6, 6.07) is 10.7. The van der Waals surface area contributed by atoms with E-state index in [-0.39, 0.29) is 9.79 Å². The second kappa shape index (κ2) is 19.0. The lowest BCUT2D eigenvalue weighted by molar-refractivity contribution is -0.397. The molecule has 2 atom stereocenters. The molecule has 29 heteroatoms. The van der Waals surface area contributed by atoms with Gasteiger partial charge in [0.1, 0.15) is 49.2 Å². The Kier molecular flexibility index (Phi) is 16.0. The number of halogens is 17. The Bertz CT molecular complexity index is 2000. The monoisotopic (exact) mass is 971 g/mol. The van der Waals surface area contributed by atoms with Gasteiger partial charge in [0.15, 0.2) is 15.5 Å². The van der Waals surface area contributed by atoms with E-state index < -0.39 is 123 Å². The van der Waals surface area contributed by atoms with Gasteiger partial charge in [-0.15, -0.1) is 0 Å². The van der Waals surface area contributed by atoms with Gasteiger partial charge in [-0.25, -0.2) is 0 Å². The Labute approximate surface area is 340 Å². The number of hydrogen-bond donors (Lipinski definition) is 1. The smallest absolute Gasteiger partial charge is 0.432 e. The maximum absolute atomic E-state index is 14.3. The number of alkyl halides is 17. The summed E-state index contributed by atoms with van der Waals surface area (Å²) in [4.78, 5) is -0.774. The van der Waals surface area contributed by atoms with Crippen LogP contribution in [0.3, 0.4) is 0 Å². The maximum atomic E-state index is 14.3. The maximum Gasteiger partial charge on any atom is 0.432 e. The van der Waals surface area contributed by atoms with Gasteiger partial charge in [0.05, 0.1) is 0 Å². The molecule has 0 saturated heterocycles. The summed E-state index contributed by atoms with van der Waals surface area (Å²) in [6.07, 6.45) is -36.1. The van der Waals surface area contributed by atoms with Crippen LogP contribution in [0.1, 0.15) is 0 Å². The third-order valence-electron chi connectivity index (χ3n) is 7.92. The molecule has 0 spiro atoms. The van der Waals surface area contributed by atoms with Gasteiger partial charge >= 0.3 is 46.3 Å². The van der Waals surface area contributed by atoms with Crippen LogP contribution in [-0.4, -0.2) is 107 Å². The van der Waals surface area contributed by atoms with E-state index in [0.717, 1.165) is 12.1 Å². The molecule has 0 fully saturated rings. The van der Waals surface area contributed by atoms with E-state index in [9.17, 15) is 83.1 Å². The number of methoxy groups -OCH3 is 2. The highest BCUT2D eigenvalue weighted by Crippen LogP contribution is 2.49. The zero-order valence-electron chi connectivity index (χ0n) is 30.7. The Morgan fingerprint density at radius 3 is 1.40 bits per heavy atom. The van der Waals surface area contributed by atoms with Crippen LogP contribution in [-0.2, 0) is 40.0 Å². The number of hydrogen-bond acceptors (Lipinski definition) is 9. The quantitative estimate of drug-likeness (QED) is 0.0539. The van der Waals surface area contributed by atoms with Gasteiger partial charge in [-0.2, -0.15) is 83.1 Å². The molecule has 0 bridgehead atoms. The van der Waals surface area contributed by atoms with Crippen molar-refractivity contribution in [2.75, 3.05) is 41.0 Å². The fraction of sp³-hybridized carbons (Fsp3) is 0.455. The summed E-state index contributed by atoms with van der Waals surface area (Å²) in [5.74, 6) is -3.45. The topological polar surface area (TPSA) is 119 Å². The molecule has 3 rings (SSSR count). The third-order valence-corrected chi connectivity index (χ3v) is 11.1. The fourth-order valence-corrected chi connectivity index (χ4v) is 7.39. The van der Waals surface area contributed by atoms with Crippen LogP contribution >= 0.6 is 0 Å². The molecule has 62 heavy (non-hydrogen) atoms. The molecule has 0 aliphatic rings. The van der Waals surface area contributed by atoms with Crippen LogP contribution in [0.15, 0.2) is 87.5 Å². The molecule has 0 aromatic heterocycles. The molecule has 0 heterocycles. The Morgan fingerprint density at radius 1 is 0.581 bits per heavy atom. The van der Waals surface area contributed by atoms with Crippen molar-refractivity contribution in [2.45, 2.75) is 68.1 Å². The van der Waals surface area contributed by atoms with E-state index in [1.165, 1.54) is 30.3 Å². The molecular formula is C33H28F17O10S2+. The molecule has 10 nitrogen and oxygen atoms in total. The lowest BCUT2D eigenvalue weighted by Crippen LogP contribution is -2.62. The van der Waals surface area contributed by atoms with E-state index in [2.05, 4.69) is 23.7 Å². The Balaban J connectivity index is 2.31. The summed E-state index contributed by atoms with van der Waals surface area (Å²) in [5, 5.41) is -5.99. The molecule has 0 saturated carbocycles. The molecule has 0 amide bonds. The first kappa shape index (κ1) is 52.3. The second-order valence-electron chi connectivity index (χ2n) is 12.1. The molecule has 2 unspecified atom stereocenters. The van der Waals surface area contributed by atoms with Gasteiger partial charge in [-0.3, -0.25) is 4.55 Å². The predicted molar refractivity (Wildman–Crippen MR) is 175 cm³/mol. The van der Waals surface area contributed by atoms with Crippen molar-refractivity contribution in [3.8, 4) is 17.2 Å². The van der Waals surface area contributed by atoms with Gasteiger partial charge in [-0.1, -0.05) is 18.2 Å². The van der Waals surface area contributed by atoms with Crippen molar-refractivity contribution in [3.05, 3.63) is 72.8 Å². The van der Waals surface area contributed by atoms with Crippen molar-refractivity contribution in [1.82, 2.24) is 0 Å². The third kappa shape index (κ3) is 11.4. The van der Waals surface area contributed by atoms with Crippen LogP contribution in [0.25, 0.3) is 0 Å². The van der Waals surface area contributed by atoms with Crippen molar-refractivity contribution < 1.29 is 121 Å². The number of rotatable bonds is 19. The van der Waals surface area contributed by atoms with Gasteiger partial charge in [0, 0.05) is 26.4 Å². The number of benzene rings is 3. The van der Waals surface area contributed by atoms with Crippen LogP contribution in [0, 0.1) is 0 Å². The van der Waals surface area contributed by atoms with E-state index in [1.54, 1.807) is 0 Å². The number of ether oxygens (including phenoxy) is 7. The zero-order valence-corrected chi connectivity index (χ0v) is 32.3.